The molecule has 25 heavy (non-hydrogen) atoms. The first-order valence-corrected chi connectivity index (χ1v) is 10.3. The minimum atomic E-state index is 0.159. The Kier molecular flexibility index (Phi) is 6.86. The summed E-state index contributed by atoms with van der Waals surface area (Å²) in [5, 5.41) is 7.47. The molecular formula is C21H26Br2N2. The standard InChI is InChI=1S/C21H26Br2N2/c1-21(2,3)18-7-5-16(6-8-18)17-11-14(4-9-20(24)25)10-15(12-17)13-19(22)23/h5-8,10-12,19H,4,9,13H2,1-3H3,(H3,24,25). The third-order valence-corrected chi connectivity index (χ3v) is 4.86. The number of benzene rings is 2. The lowest BCUT2D eigenvalue weighted by atomic mass is 9.86. The van der Waals surface area contributed by atoms with Gasteiger partial charge in [-0.2, -0.15) is 0 Å². The molecular weight excluding hydrogens is 440 g/mol. The average Bonchev–Trinajstić information content (AvgIpc) is 2.51. The summed E-state index contributed by atoms with van der Waals surface area (Å²) in [4.78, 5) is 0. The Bertz CT molecular complexity index is 729. The summed E-state index contributed by atoms with van der Waals surface area (Å²) in [6.45, 7) is 6.69. The van der Waals surface area contributed by atoms with Crippen LogP contribution < -0.4 is 5.73 Å². The molecule has 0 amide bonds. The van der Waals surface area contributed by atoms with Crippen molar-refractivity contribution in [2.75, 3.05) is 0 Å². The van der Waals surface area contributed by atoms with Crippen molar-refractivity contribution in [2.45, 2.75) is 49.2 Å². The Labute approximate surface area is 168 Å². The lowest BCUT2D eigenvalue weighted by molar-refractivity contribution is 0.590. The number of hydrogen-bond donors (Lipinski definition) is 2. The van der Waals surface area contributed by atoms with Gasteiger partial charge in [-0.15, -0.1) is 0 Å². The van der Waals surface area contributed by atoms with Gasteiger partial charge in [0, 0.05) is 6.42 Å². The zero-order valence-corrected chi connectivity index (χ0v) is 18.2. The Morgan fingerprint density at radius 3 is 2.12 bits per heavy atom. The van der Waals surface area contributed by atoms with E-state index in [1.54, 1.807) is 0 Å². The molecule has 4 heteroatoms. The number of nitrogens with two attached hydrogens (primary N) is 1. The van der Waals surface area contributed by atoms with Crippen LogP contribution in [0.1, 0.15) is 43.9 Å². The third kappa shape index (κ3) is 6.27. The molecule has 0 radical (unpaired) electrons. The number of nitrogens with one attached hydrogen (secondary N) is 1. The van der Waals surface area contributed by atoms with Gasteiger partial charge in [-0.05, 0) is 46.1 Å². The summed E-state index contributed by atoms with van der Waals surface area (Å²) in [5.74, 6) is 0.236. The lowest BCUT2D eigenvalue weighted by Crippen LogP contribution is -2.10. The van der Waals surface area contributed by atoms with Crippen LogP contribution in [0.4, 0.5) is 0 Å². The van der Waals surface area contributed by atoms with Gasteiger partial charge in [0.2, 0.25) is 0 Å². The van der Waals surface area contributed by atoms with E-state index in [-0.39, 0.29) is 15.0 Å². The van der Waals surface area contributed by atoms with Gasteiger partial charge in [0.05, 0.1) is 9.57 Å². The second-order valence-electron chi connectivity index (χ2n) is 7.49. The van der Waals surface area contributed by atoms with Crippen LogP contribution in [0.2, 0.25) is 0 Å². The predicted molar refractivity (Wildman–Crippen MR) is 116 cm³/mol. The van der Waals surface area contributed by atoms with Crippen molar-refractivity contribution < 1.29 is 0 Å². The molecule has 2 nitrogen and oxygen atoms in total. The third-order valence-electron chi connectivity index (χ3n) is 4.21. The quantitative estimate of drug-likeness (QED) is 0.298. The van der Waals surface area contributed by atoms with Crippen molar-refractivity contribution in [2.24, 2.45) is 5.73 Å². The molecule has 3 N–H and O–H groups in total. The van der Waals surface area contributed by atoms with Crippen molar-refractivity contribution >= 4 is 37.7 Å². The molecule has 2 aromatic carbocycles. The molecule has 0 aliphatic carbocycles. The van der Waals surface area contributed by atoms with Crippen molar-refractivity contribution in [3.05, 3.63) is 59.2 Å². The molecule has 0 heterocycles. The lowest BCUT2D eigenvalue weighted by Gasteiger charge is -2.19. The highest BCUT2D eigenvalue weighted by Gasteiger charge is 2.13. The summed E-state index contributed by atoms with van der Waals surface area (Å²) in [6.07, 6.45) is 2.30. The van der Waals surface area contributed by atoms with Crippen LogP contribution in [0.15, 0.2) is 42.5 Å². The van der Waals surface area contributed by atoms with Gasteiger partial charge in [-0.3, -0.25) is 5.41 Å². The SMILES string of the molecule is CC(C)(C)c1ccc(-c2cc(CCC(=N)N)cc(CC(Br)Br)c2)cc1. The zero-order chi connectivity index (χ0) is 18.6. The van der Waals surface area contributed by atoms with Gasteiger partial charge >= 0.3 is 0 Å². The summed E-state index contributed by atoms with van der Waals surface area (Å²) in [5.41, 5.74) is 12.0. The number of aryl methyl sites for hydroxylation is 1. The van der Waals surface area contributed by atoms with E-state index >= 15 is 0 Å². The maximum Gasteiger partial charge on any atom is 0.0908 e. The molecule has 0 spiro atoms. The molecule has 0 aliphatic rings. The van der Waals surface area contributed by atoms with Crippen LogP contribution in [-0.2, 0) is 18.3 Å². The fourth-order valence-electron chi connectivity index (χ4n) is 2.81. The van der Waals surface area contributed by atoms with Crippen LogP contribution in [0.25, 0.3) is 11.1 Å². The second kappa shape index (κ2) is 8.50. The maximum absolute atomic E-state index is 7.47. The Morgan fingerprint density at radius 1 is 1.00 bits per heavy atom. The zero-order valence-electron chi connectivity index (χ0n) is 15.1. The average molecular weight is 466 g/mol. The minimum absolute atomic E-state index is 0.159. The van der Waals surface area contributed by atoms with Crippen LogP contribution in [0, 0.1) is 5.41 Å². The van der Waals surface area contributed by atoms with E-state index in [2.05, 4.69) is 95.1 Å². The van der Waals surface area contributed by atoms with E-state index < -0.39 is 0 Å². The molecule has 0 fully saturated rings. The van der Waals surface area contributed by atoms with E-state index in [0.29, 0.717) is 6.42 Å². The Hall–Kier alpha value is -1.13. The first-order chi connectivity index (χ1) is 11.6. The number of alkyl halides is 2. The molecule has 0 aliphatic heterocycles. The molecule has 0 unspecified atom stereocenters. The van der Waals surface area contributed by atoms with Crippen molar-refractivity contribution in [3.63, 3.8) is 0 Å². The summed E-state index contributed by atoms with van der Waals surface area (Å²) in [7, 11) is 0. The Morgan fingerprint density at radius 2 is 1.60 bits per heavy atom. The summed E-state index contributed by atoms with van der Waals surface area (Å²) < 4.78 is 0.249. The molecule has 0 saturated carbocycles. The van der Waals surface area contributed by atoms with E-state index in [9.17, 15) is 0 Å². The van der Waals surface area contributed by atoms with E-state index in [1.807, 2.05) is 0 Å². The molecule has 2 rings (SSSR count). The minimum Gasteiger partial charge on any atom is -0.388 e. The van der Waals surface area contributed by atoms with Crippen molar-refractivity contribution in [1.29, 1.82) is 5.41 Å². The normalized spacial score (nSPS) is 11.8. The highest BCUT2D eigenvalue weighted by Crippen LogP contribution is 2.29. The van der Waals surface area contributed by atoms with Gasteiger partial charge in [0.15, 0.2) is 0 Å². The van der Waals surface area contributed by atoms with Gasteiger partial charge < -0.3 is 5.73 Å². The van der Waals surface area contributed by atoms with E-state index in [0.717, 1.165) is 12.8 Å². The van der Waals surface area contributed by atoms with E-state index in [4.69, 9.17) is 11.1 Å². The van der Waals surface area contributed by atoms with Gasteiger partial charge in [0.1, 0.15) is 0 Å². The largest absolute Gasteiger partial charge is 0.388 e. The number of hydrogen-bond acceptors (Lipinski definition) is 1. The molecule has 0 bridgehead atoms. The predicted octanol–water partition coefficient (Wildman–Crippen LogP) is 6.18. The van der Waals surface area contributed by atoms with Gasteiger partial charge in [0.25, 0.3) is 0 Å². The van der Waals surface area contributed by atoms with Crippen LogP contribution in [-0.4, -0.2) is 9.57 Å². The number of halogens is 2. The van der Waals surface area contributed by atoms with Gasteiger partial charge in [-0.1, -0.05) is 95.1 Å². The highest BCUT2D eigenvalue weighted by atomic mass is 79.9. The second-order valence-corrected chi connectivity index (χ2v) is 10.9. The first kappa shape index (κ1) is 20.2. The molecule has 134 valence electrons. The monoisotopic (exact) mass is 464 g/mol. The van der Waals surface area contributed by atoms with Crippen molar-refractivity contribution in [3.8, 4) is 11.1 Å². The van der Waals surface area contributed by atoms with Crippen LogP contribution >= 0.6 is 31.9 Å². The molecule has 2 aromatic rings. The molecule has 0 saturated heterocycles. The van der Waals surface area contributed by atoms with E-state index in [1.165, 1.54) is 27.8 Å². The molecule has 0 atom stereocenters. The fourth-order valence-corrected chi connectivity index (χ4v) is 3.56. The van der Waals surface area contributed by atoms with Crippen LogP contribution in [0.3, 0.4) is 0 Å². The fraction of sp³-hybridized carbons (Fsp3) is 0.381. The number of rotatable bonds is 6. The summed E-state index contributed by atoms with van der Waals surface area (Å²) >= 11 is 7.15. The highest BCUT2D eigenvalue weighted by molar-refractivity contribution is 9.24. The van der Waals surface area contributed by atoms with Crippen LogP contribution in [0.5, 0.6) is 0 Å². The smallest absolute Gasteiger partial charge is 0.0908 e. The molecule has 0 aromatic heterocycles. The summed E-state index contributed by atoms with van der Waals surface area (Å²) in [6, 6.07) is 15.5. The van der Waals surface area contributed by atoms with Gasteiger partial charge in [-0.25, -0.2) is 0 Å². The Balaban J connectivity index is 2.37. The first-order valence-electron chi connectivity index (χ1n) is 8.50. The maximum atomic E-state index is 7.47. The van der Waals surface area contributed by atoms with Crippen molar-refractivity contribution in [1.82, 2.24) is 0 Å². The topological polar surface area (TPSA) is 49.9 Å². The number of amidine groups is 1.